The van der Waals surface area contributed by atoms with Gasteiger partial charge in [0.2, 0.25) is 0 Å². The lowest BCUT2D eigenvalue weighted by Gasteiger charge is -2.22. The molecule has 120 valence electrons. The minimum absolute atomic E-state index is 0.0951. The lowest BCUT2D eigenvalue weighted by molar-refractivity contribution is -0.162. The molecule has 2 aliphatic rings. The van der Waals surface area contributed by atoms with Crippen LogP contribution in [0, 0.1) is 0 Å². The Morgan fingerprint density at radius 3 is 2.52 bits per heavy atom. The number of allylic oxidation sites excluding steroid dienone is 4. The Balaban J connectivity index is 1.30. The van der Waals surface area contributed by atoms with E-state index in [-0.39, 0.29) is 6.29 Å². The summed E-state index contributed by atoms with van der Waals surface area (Å²) in [5.74, 6) is 0. The first-order valence-corrected chi connectivity index (χ1v) is 9.04. The summed E-state index contributed by atoms with van der Waals surface area (Å²) in [5, 5.41) is 0. The standard InChI is InChI=1S/C19H32O2/c1(2-4-6-12-18-13-7-8-14-18)3-5-10-16-20-19-15-9-11-17-21-19/h7,13-14,19H,1-6,8-12,15-17H2. The van der Waals surface area contributed by atoms with Gasteiger partial charge in [-0.1, -0.05) is 55.9 Å². The molecule has 0 aromatic heterocycles. The fraction of sp³-hybridized carbons (Fsp3) is 0.789. The van der Waals surface area contributed by atoms with Crippen molar-refractivity contribution in [2.75, 3.05) is 13.2 Å². The molecule has 2 nitrogen and oxygen atoms in total. The van der Waals surface area contributed by atoms with Gasteiger partial charge in [-0.2, -0.15) is 0 Å². The molecule has 0 amide bonds. The molecule has 1 aliphatic carbocycles. The molecule has 2 rings (SSSR count). The molecule has 2 heteroatoms. The molecule has 1 atom stereocenters. The van der Waals surface area contributed by atoms with Crippen LogP contribution < -0.4 is 0 Å². The van der Waals surface area contributed by atoms with Crippen LogP contribution in [0.3, 0.4) is 0 Å². The van der Waals surface area contributed by atoms with Gasteiger partial charge in [0.05, 0.1) is 0 Å². The summed E-state index contributed by atoms with van der Waals surface area (Å²) in [7, 11) is 0. The second-order valence-electron chi connectivity index (χ2n) is 6.31. The fourth-order valence-electron chi connectivity index (χ4n) is 3.06. The molecule has 1 fully saturated rings. The van der Waals surface area contributed by atoms with Crippen LogP contribution in [0.25, 0.3) is 0 Å². The monoisotopic (exact) mass is 292 g/mol. The summed E-state index contributed by atoms with van der Waals surface area (Å²) in [6.45, 7) is 1.77. The highest BCUT2D eigenvalue weighted by atomic mass is 16.7. The second kappa shape index (κ2) is 11.0. The SMILES string of the molecule is C1=CC(CCCCCCCCCOC2CCCCO2)=CC1. The van der Waals surface area contributed by atoms with Crippen molar-refractivity contribution in [3.63, 3.8) is 0 Å². The van der Waals surface area contributed by atoms with Crippen LogP contribution in [0.1, 0.15) is 77.0 Å². The van der Waals surface area contributed by atoms with Crippen molar-refractivity contribution in [3.05, 3.63) is 23.8 Å². The van der Waals surface area contributed by atoms with E-state index in [1.165, 1.54) is 64.2 Å². The van der Waals surface area contributed by atoms with Gasteiger partial charge in [-0.15, -0.1) is 0 Å². The molecule has 0 aromatic rings. The van der Waals surface area contributed by atoms with E-state index >= 15 is 0 Å². The van der Waals surface area contributed by atoms with E-state index < -0.39 is 0 Å². The molecule has 1 aliphatic heterocycles. The average molecular weight is 292 g/mol. The first-order valence-electron chi connectivity index (χ1n) is 9.04. The Labute approximate surface area is 130 Å². The second-order valence-corrected chi connectivity index (χ2v) is 6.31. The summed E-state index contributed by atoms with van der Waals surface area (Å²) in [6, 6.07) is 0. The van der Waals surface area contributed by atoms with E-state index in [0.717, 1.165) is 26.1 Å². The van der Waals surface area contributed by atoms with Crippen molar-refractivity contribution in [2.24, 2.45) is 0 Å². The van der Waals surface area contributed by atoms with Gasteiger partial charge >= 0.3 is 0 Å². The smallest absolute Gasteiger partial charge is 0.157 e. The minimum Gasteiger partial charge on any atom is -0.353 e. The minimum atomic E-state index is 0.0951. The van der Waals surface area contributed by atoms with Gasteiger partial charge in [-0.3, -0.25) is 0 Å². The summed E-state index contributed by atoms with van der Waals surface area (Å²) < 4.78 is 11.3. The molecular formula is C19H32O2. The van der Waals surface area contributed by atoms with Crippen LogP contribution >= 0.6 is 0 Å². The molecule has 1 saturated heterocycles. The van der Waals surface area contributed by atoms with Crippen LogP contribution in [-0.2, 0) is 9.47 Å². The summed E-state index contributed by atoms with van der Waals surface area (Å²) in [5.41, 5.74) is 1.55. The fourth-order valence-corrected chi connectivity index (χ4v) is 3.06. The highest BCUT2D eigenvalue weighted by molar-refractivity contribution is 5.25. The molecular weight excluding hydrogens is 260 g/mol. The highest BCUT2D eigenvalue weighted by Gasteiger charge is 2.13. The molecule has 0 aromatic carbocycles. The zero-order valence-electron chi connectivity index (χ0n) is 13.5. The highest BCUT2D eigenvalue weighted by Crippen LogP contribution is 2.18. The quantitative estimate of drug-likeness (QED) is 0.466. The third kappa shape index (κ3) is 7.82. The maximum Gasteiger partial charge on any atom is 0.157 e. The van der Waals surface area contributed by atoms with E-state index in [2.05, 4.69) is 18.2 Å². The topological polar surface area (TPSA) is 18.5 Å². The number of unbranched alkanes of at least 4 members (excludes halogenated alkanes) is 6. The Bertz CT molecular complexity index is 314. The lowest BCUT2D eigenvalue weighted by atomic mass is 10.1. The molecule has 1 heterocycles. The maximum atomic E-state index is 5.75. The van der Waals surface area contributed by atoms with Crippen molar-refractivity contribution < 1.29 is 9.47 Å². The van der Waals surface area contributed by atoms with Crippen LogP contribution in [0.4, 0.5) is 0 Å². The molecule has 0 N–H and O–H groups in total. The predicted molar refractivity (Wildman–Crippen MR) is 88.3 cm³/mol. The predicted octanol–water partition coefficient (Wildman–Crippen LogP) is 5.54. The summed E-state index contributed by atoms with van der Waals surface area (Å²) >= 11 is 0. The van der Waals surface area contributed by atoms with Crippen molar-refractivity contribution >= 4 is 0 Å². The Kier molecular flexibility index (Phi) is 8.81. The van der Waals surface area contributed by atoms with Gasteiger partial charge in [0.25, 0.3) is 0 Å². The van der Waals surface area contributed by atoms with E-state index in [1.54, 1.807) is 5.57 Å². The Hall–Kier alpha value is -0.600. The van der Waals surface area contributed by atoms with Crippen LogP contribution in [-0.4, -0.2) is 19.5 Å². The van der Waals surface area contributed by atoms with Crippen LogP contribution in [0.2, 0.25) is 0 Å². The lowest BCUT2D eigenvalue weighted by Crippen LogP contribution is -2.22. The van der Waals surface area contributed by atoms with Crippen LogP contribution in [0.15, 0.2) is 23.8 Å². The van der Waals surface area contributed by atoms with Gasteiger partial charge in [0.15, 0.2) is 6.29 Å². The van der Waals surface area contributed by atoms with E-state index in [0.29, 0.717) is 0 Å². The number of hydrogen-bond donors (Lipinski definition) is 0. The van der Waals surface area contributed by atoms with Gasteiger partial charge in [0, 0.05) is 13.2 Å². The van der Waals surface area contributed by atoms with Gasteiger partial charge in [-0.25, -0.2) is 0 Å². The van der Waals surface area contributed by atoms with Gasteiger partial charge in [-0.05, 0) is 44.9 Å². The van der Waals surface area contributed by atoms with Crippen LogP contribution in [0.5, 0.6) is 0 Å². The summed E-state index contributed by atoms with van der Waals surface area (Å²) in [6.07, 6.45) is 22.4. The van der Waals surface area contributed by atoms with E-state index in [4.69, 9.17) is 9.47 Å². The van der Waals surface area contributed by atoms with Gasteiger partial charge < -0.3 is 9.47 Å². The molecule has 21 heavy (non-hydrogen) atoms. The van der Waals surface area contributed by atoms with Crippen molar-refractivity contribution in [2.45, 2.75) is 83.3 Å². The molecule has 0 bridgehead atoms. The normalized spacial score (nSPS) is 21.7. The third-order valence-electron chi connectivity index (χ3n) is 4.40. The van der Waals surface area contributed by atoms with E-state index in [9.17, 15) is 0 Å². The first-order chi connectivity index (χ1) is 10.4. The molecule has 0 saturated carbocycles. The number of ether oxygens (including phenoxy) is 2. The average Bonchev–Trinajstić information content (AvgIpc) is 3.03. The molecule has 0 spiro atoms. The van der Waals surface area contributed by atoms with Crippen molar-refractivity contribution in [1.82, 2.24) is 0 Å². The zero-order chi connectivity index (χ0) is 14.6. The largest absolute Gasteiger partial charge is 0.353 e. The number of rotatable bonds is 11. The maximum absolute atomic E-state index is 5.75. The van der Waals surface area contributed by atoms with Gasteiger partial charge in [0.1, 0.15) is 0 Å². The van der Waals surface area contributed by atoms with Crippen molar-refractivity contribution in [1.29, 1.82) is 0 Å². The first kappa shape index (κ1) is 16.8. The van der Waals surface area contributed by atoms with Crippen molar-refractivity contribution in [3.8, 4) is 0 Å². The molecule has 1 unspecified atom stereocenters. The zero-order valence-corrected chi connectivity index (χ0v) is 13.5. The van der Waals surface area contributed by atoms with E-state index in [1.807, 2.05) is 0 Å². The Morgan fingerprint density at radius 1 is 1.00 bits per heavy atom. The molecule has 0 radical (unpaired) electrons. The Morgan fingerprint density at radius 2 is 1.81 bits per heavy atom. The third-order valence-corrected chi connectivity index (χ3v) is 4.40. The summed E-state index contributed by atoms with van der Waals surface area (Å²) in [4.78, 5) is 0. The number of hydrogen-bond acceptors (Lipinski definition) is 2.